The van der Waals surface area contributed by atoms with Crippen molar-refractivity contribution in [2.45, 2.75) is 6.92 Å². The fourth-order valence-electron chi connectivity index (χ4n) is 2.40. The van der Waals surface area contributed by atoms with E-state index in [1.807, 2.05) is 41.8 Å². The van der Waals surface area contributed by atoms with Gasteiger partial charge in [0.2, 0.25) is 0 Å². The van der Waals surface area contributed by atoms with Gasteiger partial charge >= 0.3 is 0 Å². The molecule has 0 unspecified atom stereocenters. The number of amides is 1. The van der Waals surface area contributed by atoms with Gasteiger partial charge in [0.1, 0.15) is 5.69 Å². The number of aromatic nitrogens is 1. The Morgan fingerprint density at radius 2 is 2.04 bits per heavy atom. The maximum Gasteiger partial charge on any atom is 0.272 e. The van der Waals surface area contributed by atoms with Gasteiger partial charge in [-0.25, -0.2) is 0 Å². The smallest absolute Gasteiger partial charge is 0.272 e. The van der Waals surface area contributed by atoms with E-state index in [0.717, 1.165) is 11.1 Å². The summed E-state index contributed by atoms with van der Waals surface area (Å²) < 4.78 is 1.82. The summed E-state index contributed by atoms with van der Waals surface area (Å²) in [5, 5.41) is 14.6. The van der Waals surface area contributed by atoms with E-state index in [1.54, 1.807) is 24.3 Å². The van der Waals surface area contributed by atoms with Crippen LogP contribution in [-0.2, 0) is 0 Å². The van der Waals surface area contributed by atoms with Crippen LogP contribution in [0.4, 0.5) is 5.69 Å². The Hall–Kier alpha value is -3.28. The minimum absolute atomic E-state index is 0.00589. The second kappa shape index (κ2) is 5.84. The maximum atomic E-state index is 12.5. The molecule has 0 atom stereocenters. The van der Waals surface area contributed by atoms with Gasteiger partial charge in [-0.1, -0.05) is 23.4 Å². The zero-order valence-electron chi connectivity index (χ0n) is 12.5. The van der Waals surface area contributed by atoms with Gasteiger partial charge in [-0.2, -0.15) is 0 Å². The largest absolute Gasteiger partial charge is 0.409 e. The van der Waals surface area contributed by atoms with E-state index in [4.69, 9.17) is 10.9 Å². The quantitative estimate of drug-likeness (QED) is 0.300. The number of carbonyl (C=O) groups excluding carboxylic acids is 1. The third-order valence-electron chi connectivity index (χ3n) is 3.68. The molecule has 0 spiro atoms. The molecule has 116 valence electrons. The van der Waals surface area contributed by atoms with Crippen LogP contribution >= 0.6 is 0 Å². The van der Waals surface area contributed by atoms with Crippen LogP contribution in [0.3, 0.4) is 0 Å². The predicted octanol–water partition coefficient (Wildman–Crippen LogP) is 2.59. The summed E-state index contributed by atoms with van der Waals surface area (Å²) in [5.41, 5.74) is 9.11. The molecule has 0 radical (unpaired) electrons. The van der Waals surface area contributed by atoms with Crippen molar-refractivity contribution in [3.05, 3.63) is 71.5 Å². The van der Waals surface area contributed by atoms with E-state index < -0.39 is 0 Å². The SMILES string of the molecule is Cc1ccc(/C(N)=N/O)cc1NC(=O)c1ccc2ccccn12. The van der Waals surface area contributed by atoms with Gasteiger partial charge < -0.3 is 20.7 Å². The lowest BCUT2D eigenvalue weighted by Crippen LogP contribution is -2.17. The van der Waals surface area contributed by atoms with Crippen molar-refractivity contribution >= 4 is 22.9 Å². The molecular formula is C17H16N4O2. The number of nitrogens with one attached hydrogen (secondary N) is 1. The summed E-state index contributed by atoms with van der Waals surface area (Å²) in [6.07, 6.45) is 1.84. The van der Waals surface area contributed by atoms with E-state index in [2.05, 4.69) is 10.5 Å². The standard InChI is InChI=1S/C17H16N4O2/c1-11-5-6-12(16(18)20-23)10-14(11)19-17(22)15-8-7-13-4-2-3-9-21(13)15/h2-10,23H,1H3,(H2,18,20)(H,19,22). The average Bonchev–Trinajstić information content (AvgIpc) is 3.00. The van der Waals surface area contributed by atoms with Gasteiger partial charge in [0, 0.05) is 23.0 Å². The van der Waals surface area contributed by atoms with Crippen LogP contribution in [0.25, 0.3) is 5.52 Å². The number of nitrogens with two attached hydrogens (primary N) is 1. The van der Waals surface area contributed by atoms with Crippen molar-refractivity contribution in [1.29, 1.82) is 0 Å². The number of benzene rings is 1. The van der Waals surface area contributed by atoms with E-state index in [-0.39, 0.29) is 11.7 Å². The van der Waals surface area contributed by atoms with Crippen LogP contribution in [0.1, 0.15) is 21.6 Å². The number of rotatable bonds is 3. The van der Waals surface area contributed by atoms with E-state index in [1.165, 1.54) is 0 Å². The Labute approximate surface area is 132 Å². The Bertz CT molecular complexity index is 912. The first kappa shape index (κ1) is 14.6. The summed E-state index contributed by atoms with van der Waals surface area (Å²) in [5.74, 6) is -0.232. The molecule has 2 aromatic heterocycles. The molecule has 0 saturated carbocycles. The van der Waals surface area contributed by atoms with Gasteiger partial charge in [0.05, 0.1) is 0 Å². The summed E-state index contributed by atoms with van der Waals surface area (Å²) in [4.78, 5) is 12.5. The number of carbonyl (C=O) groups is 1. The van der Waals surface area contributed by atoms with Crippen LogP contribution in [0.15, 0.2) is 59.9 Å². The summed E-state index contributed by atoms with van der Waals surface area (Å²) in [6, 6.07) is 14.6. The summed E-state index contributed by atoms with van der Waals surface area (Å²) in [7, 11) is 0. The van der Waals surface area contributed by atoms with E-state index >= 15 is 0 Å². The fourth-order valence-corrected chi connectivity index (χ4v) is 2.40. The number of hydrogen-bond donors (Lipinski definition) is 3. The Morgan fingerprint density at radius 3 is 2.83 bits per heavy atom. The topological polar surface area (TPSA) is 92.1 Å². The highest BCUT2D eigenvalue weighted by molar-refractivity contribution is 6.05. The molecule has 23 heavy (non-hydrogen) atoms. The van der Waals surface area contributed by atoms with E-state index in [0.29, 0.717) is 16.9 Å². The van der Waals surface area contributed by atoms with Crippen molar-refractivity contribution < 1.29 is 10.0 Å². The zero-order chi connectivity index (χ0) is 16.4. The molecule has 1 amide bonds. The minimum atomic E-state index is -0.226. The molecule has 4 N–H and O–H groups in total. The van der Waals surface area contributed by atoms with Crippen LogP contribution in [-0.4, -0.2) is 21.4 Å². The second-order valence-corrected chi connectivity index (χ2v) is 5.18. The lowest BCUT2D eigenvalue weighted by molar-refractivity contribution is 0.102. The molecule has 2 heterocycles. The first-order valence-electron chi connectivity index (χ1n) is 7.06. The highest BCUT2D eigenvalue weighted by Gasteiger charge is 2.13. The third kappa shape index (κ3) is 2.74. The summed E-state index contributed by atoms with van der Waals surface area (Å²) >= 11 is 0. The number of hydrogen-bond acceptors (Lipinski definition) is 3. The lowest BCUT2D eigenvalue weighted by Gasteiger charge is -2.10. The number of anilines is 1. The van der Waals surface area contributed by atoms with Gasteiger partial charge in [0.15, 0.2) is 5.84 Å². The van der Waals surface area contributed by atoms with Crippen LogP contribution in [0, 0.1) is 6.92 Å². The zero-order valence-corrected chi connectivity index (χ0v) is 12.5. The molecule has 0 aliphatic carbocycles. The molecule has 6 heteroatoms. The molecule has 0 aliphatic rings. The number of oxime groups is 1. The van der Waals surface area contributed by atoms with Crippen molar-refractivity contribution in [2.75, 3.05) is 5.32 Å². The number of pyridine rings is 1. The molecule has 3 aromatic rings. The monoisotopic (exact) mass is 308 g/mol. The minimum Gasteiger partial charge on any atom is -0.409 e. The third-order valence-corrected chi connectivity index (χ3v) is 3.68. The van der Waals surface area contributed by atoms with Gasteiger partial charge in [-0.3, -0.25) is 4.79 Å². The molecule has 0 saturated heterocycles. The van der Waals surface area contributed by atoms with Gasteiger partial charge in [-0.05, 0) is 42.8 Å². The van der Waals surface area contributed by atoms with Gasteiger partial charge in [-0.15, -0.1) is 0 Å². The first-order chi connectivity index (χ1) is 11.1. The van der Waals surface area contributed by atoms with Gasteiger partial charge in [0.25, 0.3) is 5.91 Å². The van der Waals surface area contributed by atoms with E-state index in [9.17, 15) is 4.79 Å². The average molecular weight is 308 g/mol. The fraction of sp³-hybridized carbons (Fsp3) is 0.0588. The highest BCUT2D eigenvalue weighted by atomic mass is 16.4. The lowest BCUT2D eigenvalue weighted by atomic mass is 10.1. The number of amidine groups is 1. The molecular weight excluding hydrogens is 292 g/mol. The number of fused-ring (bicyclic) bond motifs is 1. The van der Waals surface area contributed by atoms with Crippen molar-refractivity contribution in [1.82, 2.24) is 4.40 Å². The predicted molar refractivity (Wildman–Crippen MR) is 89.0 cm³/mol. The van der Waals surface area contributed by atoms with Crippen molar-refractivity contribution in [3.8, 4) is 0 Å². The van der Waals surface area contributed by atoms with Crippen LogP contribution in [0.2, 0.25) is 0 Å². The highest BCUT2D eigenvalue weighted by Crippen LogP contribution is 2.19. The molecule has 6 nitrogen and oxygen atoms in total. The normalized spacial score (nSPS) is 11.6. The molecule has 3 rings (SSSR count). The van der Waals surface area contributed by atoms with Crippen molar-refractivity contribution in [3.63, 3.8) is 0 Å². The molecule has 0 fully saturated rings. The van der Waals surface area contributed by atoms with Crippen LogP contribution < -0.4 is 11.1 Å². The summed E-state index contributed by atoms with van der Waals surface area (Å²) in [6.45, 7) is 1.88. The Morgan fingerprint density at radius 1 is 1.22 bits per heavy atom. The first-order valence-corrected chi connectivity index (χ1v) is 7.06. The number of aryl methyl sites for hydroxylation is 1. The Balaban J connectivity index is 1.94. The maximum absolute atomic E-state index is 12.5. The van der Waals surface area contributed by atoms with Crippen LogP contribution in [0.5, 0.6) is 0 Å². The molecule has 0 bridgehead atoms. The molecule has 1 aromatic carbocycles. The Kier molecular flexibility index (Phi) is 3.72. The second-order valence-electron chi connectivity index (χ2n) is 5.18. The van der Waals surface area contributed by atoms with Crippen molar-refractivity contribution in [2.24, 2.45) is 10.9 Å². The number of nitrogens with zero attached hydrogens (tertiary/aromatic N) is 2. The molecule has 0 aliphatic heterocycles.